The molecule has 2 fully saturated rings. The molecule has 2 aliphatic rings. The van der Waals surface area contributed by atoms with Crippen molar-refractivity contribution in [3.63, 3.8) is 0 Å². The fourth-order valence-corrected chi connectivity index (χ4v) is 5.12. The lowest BCUT2D eigenvalue weighted by atomic mass is 9.78. The summed E-state index contributed by atoms with van der Waals surface area (Å²) < 4.78 is 40.1. The predicted octanol–water partition coefficient (Wildman–Crippen LogP) is 3.76. The van der Waals surface area contributed by atoms with Crippen molar-refractivity contribution in [1.82, 2.24) is 9.80 Å². The molecule has 3 rings (SSSR count). The van der Waals surface area contributed by atoms with Gasteiger partial charge in [0.25, 0.3) is 0 Å². The average Bonchev–Trinajstić information content (AvgIpc) is 3.23. The first-order valence-electron chi connectivity index (χ1n) is 11.4. The van der Waals surface area contributed by atoms with Crippen molar-refractivity contribution < 1.29 is 22.8 Å². The van der Waals surface area contributed by atoms with Gasteiger partial charge in [0, 0.05) is 52.4 Å². The monoisotopic (exact) mass is 464 g/mol. The standard InChI is InChI=1S/C24H31F3N4O2/c1-4-5-22(32)31-14-19(20(15-31)23(33)29(2)3)16-8-10-30(11-9-16)18-7-6-17(13-28)21(12-18)24(25,26)27/h6-7,12,16,19-20H,4-5,8-11,14-15H2,1-3H3/t19-,20+/m0/s1. The lowest BCUT2D eigenvalue weighted by molar-refractivity contribution is -0.138. The number of benzene rings is 1. The summed E-state index contributed by atoms with van der Waals surface area (Å²) in [5.74, 6) is 0.121. The Kier molecular flexibility index (Phi) is 7.55. The van der Waals surface area contributed by atoms with Gasteiger partial charge in [-0.05, 0) is 49.3 Å². The zero-order valence-corrected chi connectivity index (χ0v) is 19.4. The molecule has 0 saturated carbocycles. The molecule has 9 heteroatoms. The summed E-state index contributed by atoms with van der Waals surface area (Å²) in [7, 11) is 3.45. The van der Waals surface area contributed by atoms with Gasteiger partial charge >= 0.3 is 6.18 Å². The second-order valence-corrected chi connectivity index (χ2v) is 9.22. The number of alkyl halides is 3. The van der Waals surface area contributed by atoms with Crippen LogP contribution in [0.25, 0.3) is 0 Å². The predicted molar refractivity (Wildman–Crippen MR) is 118 cm³/mol. The van der Waals surface area contributed by atoms with E-state index in [1.807, 2.05) is 16.7 Å². The number of halogens is 3. The molecular formula is C24H31F3N4O2. The number of amides is 2. The number of likely N-dealkylation sites (tertiary alicyclic amines) is 1. The fraction of sp³-hybridized carbons (Fsp3) is 0.625. The maximum absolute atomic E-state index is 13.4. The van der Waals surface area contributed by atoms with Crippen LogP contribution in [0.3, 0.4) is 0 Å². The van der Waals surface area contributed by atoms with Gasteiger partial charge in [0.1, 0.15) is 0 Å². The Bertz CT molecular complexity index is 917. The Morgan fingerprint density at radius 3 is 2.39 bits per heavy atom. The van der Waals surface area contributed by atoms with Gasteiger partial charge < -0.3 is 14.7 Å². The second kappa shape index (κ2) is 10.0. The maximum Gasteiger partial charge on any atom is 0.417 e. The van der Waals surface area contributed by atoms with E-state index < -0.39 is 11.7 Å². The largest absolute Gasteiger partial charge is 0.417 e. The summed E-state index contributed by atoms with van der Waals surface area (Å²) in [5.41, 5.74) is -0.844. The van der Waals surface area contributed by atoms with Crippen molar-refractivity contribution in [3.05, 3.63) is 29.3 Å². The third kappa shape index (κ3) is 5.43. The normalized spacial score (nSPS) is 21.7. The van der Waals surface area contributed by atoms with E-state index in [1.165, 1.54) is 6.07 Å². The zero-order valence-electron chi connectivity index (χ0n) is 19.4. The third-order valence-corrected chi connectivity index (χ3v) is 6.88. The number of anilines is 1. The van der Waals surface area contributed by atoms with Gasteiger partial charge in [-0.3, -0.25) is 9.59 Å². The van der Waals surface area contributed by atoms with E-state index in [0.717, 1.165) is 25.3 Å². The first kappa shape index (κ1) is 24.9. The van der Waals surface area contributed by atoms with E-state index in [2.05, 4.69) is 0 Å². The van der Waals surface area contributed by atoms with Crippen molar-refractivity contribution in [3.8, 4) is 6.07 Å². The minimum Gasteiger partial charge on any atom is -0.372 e. The van der Waals surface area contributed by atoms with Gasteiger partial charge in [-0.25, -0.2) is 0 Å². The van der Waals surface area contributed by atoms with Crippen LogP contribution in [0.1, 0.15) is 43.7 Å². The highest BCUT2D eigenvalue weighted by atomic mass is 19.4. The molecule has 0 bridgehead atoms. The van der Waals surface area contributed by atoms with E-state index in [4.69, 9.17) is 5.26 Å². The molecule has 0 aliphatic carbocycles. The number of hydrogen-bond donors (Lipinski definition) is 0. The SMILES string of the molecule is CCCC(=O)N1C[C@@H](C(=O)N(C)C)[C@H](C2CCN(c3ccc(C#N)c(C(F)(F)F)c3)CC2)C1. The molecule has 2 aliphatic heterocycles. The minimum atomic E-state index is -4.59. The highest BCUT2D eigenvalue weighted by molar-refractivity contribution is 5.82. The van der Waals surface area contributed by atoms with E-state index in [-0.39, 0.29) is 35.1 Å². The first-order valence-corrected chi connectivity index (χ1v) is 11.4. The van der Waals surface area contributed by atoms with Gasteiger partial charge in [0.15, 0.2) is 0 Å². The van der Waals surface area contributed by atoms with Crippen molar-refractivity contribution in [2.45, 2.75) is 38.8 Å². The van der Waals surface area contributed by atoms with Crippen LogP contribution in [-0.4, -0.2) is 61.9 Å². The summed E-state index contributed by atoms with van der Waals surface area (Å²) >= 11 is 0. The van der Waals surface area contributed by atoms with Crippen LogP contribution in [0.15, 0.2) is 18.2 Å². The van der Waals surface area contributed by atoms with E-state index in [0.29, 0.717) is 38.3 Å². The van der Waals surface area contributed by atoms with Crippen molar-refractivity contribution in [1.29, 1.82) is 5.26 Å². The minimum absolute atomic E-state index is 0.0242. The Morgan fingerprint density at radius 1 is 1.18 bits per heavy atom. The van der Waals surface area contributed by atoms with Gasteiger partial charge in [0.2, 0.25) is 11.8 Å². The average molecular weight is 465 g/mol. The number of piperidine rings is 1. The summed E-state index contributed by atoms with van der Waals surface area (Å²) in [6.45, 7) is 4.08. The summed E-state index contributed by atoms with van der Waals surface area (Å²) in [4.78, 5) is 30.6. The van der Waals surface area contributed by atoms with Gasteiger partial charge in [0.05, 0.1) is 23.1 Å². The van der Waals surface area contributed by atoms with Gasteiger partial charge in [-0.1, -0.05) is 6.92 Å². The molecule has 2 saturated heterocycles. The van der Waals surface area contributed by atoms with Gasteiger partial charge in [-0.15, -0.1) is 0 Å². The number of carbonyl (C=O) groups is 2. The molecule has 0 N–H and O–H groups in total. The molecule has 0 spiro atoms. The van der Waals surface area contributed by atoms with Crippen LogP contribution in [0.4, 0.5) is 18.9 Å². The Labute approximate surface area is 192 Å². The molecule has 180 valence electrons. The molecular weight excluding hydrogens is 433 g/mol. The topological polar surface area (TPSA) is 67.7 Å². The molecule has 0 aromatic heterocycles. The van der Waals surface area contributed by atoms with E-state index in [9.17, 15) is 22.8 Å². The van der Waals surface area contributed by atoms with Crippen molar-refractivity contribution >= 4 is 17.5 Å². The molecule has 0 unspecified atom stereocenters. The lowest BCUT2D eigenvalue weighted by Gasteiger charge is -2.38. The molecule has 1 aromatic rings. The van der Waals surface area contributed by atoms with Crippen LogP contribution >= 0.6 is 0 Å². The maximum atomic E-state index is 13.4. The molecule has 2 atom stereocenters. The second-order valence-electron chi connectivity index (χ2n) is 9.22. The van der Waals surface area contributed by atoms with Crippen LogP contribution in [-0.2, 0) is 15.8 Å². The number of hydrogen-bond acceptors (Lipinski definition) is 4. The van der Waals surface area contributed by atoms with Crippen molar-refractivity contribution in [2.75, 3.05) is 45.2 Å². The highest BCUT2D eigenvalue weighted by Crippen LogP contribution is 2.39. The number of carbonyl (C=O) groups excluding carboxylic acids is 2. The lowest BCUT2D eigenvalue weighted by Crippen LogP contribution is -2.41. The van der Waals surface area contributed by atoms with Crippen LogP contribution in [0, 0.1) is 29.1 Å². The van der Waals surface area contributed by atoms with Gasteiger partial charge in [-0.2, -0.15) is 18.4 Å². The summed E-state index contributed by atoms with van der Waals surface area (Å²) in [5, 5.41) is 9.02. The van der Waals surface area contributed by atoms with Crippen molar-refractivity contribution in [2.24, 2.45) is 17.8 Å². The molecule has 33 heavy (non-hydrogen) atoms. The van der Waals surface area contributed by atoms with Crippen LogP contribution < -0.4 is 4.90 Å². The van der Waals surface area contributed by atoms with E-state index >= 15 is 0 Å². The highest BCUT2D eigenvalue weighted by Gasteiger charge is 2.44. The first-order chi connectivity index (χ1) is 15.6. The molecule has 0 radical (unpaired) electrons. The molecule has 2 heterocycles. The number of rotatable bonds is 5. The fourth-order valence-electron chi connectivity index (χ4n) is 5.12. The van der Waals surface area contributed by atoms with Crippen LogP contribution in [0.5, 0.6) is 0 Å². The van der Waals surface area contributed by atoms with E-state index in [1.54, 1.807) is 31.1 Å². The number of nitrogens with zero attached hydrogens (tertiary/aromatic N) is 4. The Morgan fingerprint density at radius 2 is 1.85 bits per heavy atom. The molecule has 2 amide bonds. The molecule has 6 nitrogen and oxygen atoms in total. The third-order valence-electron chi connectivity index (χ3n) is 6.88. The smallest absolute Gasteiger partial charge is 0.372 e. The summed E-state index contributed by atoms with van der Waals surface area (Å²) in [6, 6.07) is 5.46. The Balaban J connectivity index is 1.73. The quantitative estimate of drug-likeness (QED) is 0.666. The Hall–Kier alpha value is -2.76. The number of nitriles is 1. The molecule has 1 aromatic carbocycles. The summed E-state index contributed by atoms with van der Waals surface area (Å²) in [6.07, 6.45) is -1.89. The van der Waals surface area contributed by atoms with Crippen LogP contribution in [0.2, 0.25) is 0 Å². The zero-order chi connectivity index (χ0) is 24.3.